The van der Waals surface area contributed by atoms with Crippen LogP contribution in [0.5, 0.6) is 0 Å². The Morgan fingerprint density at radius 1 is 1.23 bits per heavy atom. The van der Waals surface area contributed by atoms with Gasteiger partial charge in [0.2, 0.25) is 0 Å². The van der Waals surface area contributed by atoms with E-state index in [4.69, 9.17) is 0 Å². The van der Waals surface area contributed by atoms with E-state index in [1.165, 1.54) is 12.1 Å². The van der Waals surface area contributed by atoms with Crippen LogP contribution in [0, 0.1) is 11.7 Å². The van der Waals surface area contributed by atoms with Crippen LogP contribution in [0.15, 0.2) is 24.3 Å². The minimum atomic E-state index is -0.322. The number of piperidine rings is 1. The van der Waals surface area contributed by atoms with Gasteiger partial charge in [0.15, 0.2) is 0 Å². The second-order valence-corrected chi connectivity index (χ2v) is 7.57. The van der Waals surface area contributed by atoms with Crippen LogP contribution in [0.1, 0.15) is 54.6 Å². The van der Waals surface area contributed by atoms with Crippen molar-refractivity contribution < 1.29 is 9.18 Å². The molecule has 4 rings (SSSR count). The molecule has 0 spiro atoms. The number of benzene rings is 1. The fraction of sp³-hybridized carbons (Fsp3) is 0.524. The molecular formula is C21H26FN3O. The van der Waals surface area contributed by atoms with Crippen LogP contribution < -0.4 is 5.32 Å². The van der Waals surface area contributed by atoms with Gasteiger partial charge in [0, 0.05) is 30.1 Å². The second-order valence-electron chi connectivity index (χ2n) is 7.57. The summed E-state index contributed by atoms with van der Waals surface area (Å²) in [7, 11) is 0. The Morgan fingerprint density at radius 3 is 2.69 bits per heavy atom. The Bertz CT molecular complexity index is 810. The number of pyridine rings is 1. The van der Waals surface area contributed by atoms with Crippen LogP contribution in [0.4, 0.5) is 4.39 Å². The molecule has 1 saturated carbocycles. The molecule has 2 heterocycles. The summed E-state index contributed by atoms with van der Waals surface area (Å²) in [4.78, 5) is 19.8. The van der Waals surface area contributed by atoms with Gasteiger partial charge >= 0.3 is 0 Å². The van der Waals surface area contributed by atoms with Crippen molar-refractivity contribution in [2.45, 2.75) is 38.5 Å². The van der Waals surface area contributed by atoms with Crippen LogP contribution in [-0.2, 0) is 0 Å². The molecule has 1 N–H and O–H groups in total. The van der Waals surface area contributed by atoms with Crippen LogP contribution >= 0.6 is 0 Å². The maximum Gasteiger partial charge on any atom is 0.254 e. The maximum atomic E-state index is 13.8. The topological polar surface area (TPSA) is 45.2 Å². The standard InChI is InChI=1S/C21H26FN3O/c1-2-23-13-14-7-9-25(10-8-14)21(26)18-12-20(15-3-4-15)24-19-6-5-16(22)11-17(18)19/h5-6,11-12,14-15,23H,2-4,7-10,13H2,1H3. The minimum absolute atomic E-state index is 0.0202. The van der Waals surface area contributed by atoms with Crippen molar-refractivity contribution in [1.82, 2.24) is 15.2 Å². The van der Waals surface area contributed by atoms with Crippen molar-refractivity contribution in [2.24, 2.45) is 5.92 Å². The van der Waals surface area contributed by atoms with E-state index >= 15 is 0 Å². The predicted octanol–water partition coefficient (Wildman–Crippen LogP) is 3.71. The lowest BCUT2D eigenvalue weighted by atomic mass is 9.95. The second kappa shape index (κ2) is 7.31. The number of amides is 1. The monoisotopic (exact) mass is 355 g/mol. The number of fused-ring (bicyclic) bond motifs is 1. The van der Waals surface area contributed by atoms with E-state index < -0.39 is 0 Å². The third kappa shape index (κ3) is 3.58. The molecule has 5 heteroatoms. The molecule has 1 amide bonds. The molecule has 0 radical (unpaired) electrons. The molecule has 4 nitrogen and oxygen atoms in total. The lowest BCUT2D eigenvalue weighted by Gasteiger charge is -2.32. The first-order valence-corrected chi connectivity index (χ1v) is 9.76. The van der Waals surface area contributed by atoms with E-state index in [1.54, 1.807) is 6.07 Å². The Kier molecular flexibility index (Phi) is 4.90. The first-order chi connectivity index (χ1) is 12.7. The zero-order chi connectivity index (χ0) is 18.1. The van der Waals surface area contributed by atoms with Gasteiger partial charge < -0.3 is 10.2 Å². The van der Waals surface area contributed by atoms with Crippen molar-refractivity contribution in [3.05, 3.63) is 41.3 Å². The first-order valence-electron chi connectivity index (χ1n) is 9.76. The summed E-state index contributed by atoms with van der Waals surface area (Å²) in [6.07, 6.45) is 4.30. The SMILES string of the molecule is CCNCC1CCN(C(=O)c2cc(C3CC3)nc3ccc(F)cc23)CC1. The van der Waals surface area contributed by atoms with E-state index in [2.05, 4.69) is 17.2 Å². The summed E-state index contributed by atoms with van der Waals surface area (Å²) in [6, 6.07) is 6.47. The number of halogens is 1. The molecule has 2 fully saturated rings. The molecule has 1 saturated heterocycles. The highest BCUT2D eigenvalue weighted by Crippen LogP contribution is 2.40. The fourth-order valence-corrected chi connectivity index (χ4v) is 3.84. The molecule has 26 heavy (non-hydrogen) atoms. The fourth-order valence-electron chi connectivity index (χ4n) is 3.84. The smallest absolute Gasteiger partial charge is 0.254 e. The lowest BCUT2D eigenvalue weighted by Crippen LogP contribution is -2.40. The quantitative estimate of drug-likeness (QED) is 0.889. The van der Waals surface area contributed by atoms with E-state index in [9.17, 15) is 9.18 Å². The van der Waals surface area contributed by atoms with Crippen LogP contribution in [0.25, 0.3) is 10.9 Å². The Morgan fingerprint density at radius 2 is 2.00 bits per heavy atom. The van der Waals surface area contributed by atoms with E-state index in [0.29, 0.717) is 22.8 Å². The van der Waals surface area contributed by atoms with Crippen LogP contribution in [0.3, 0.4) is 0 Å². The molecule has 1 aromatic heterocycles. The van der Waals surface area contributed by atoms with Crippen molar-refractivity contribution >= 4 is 16.8 Å². The van der Waals surface area contributed by atoms with Crippen molar-refractivity contribution in [3.8, 4) is 0 Å². The Labute approximate surface area is 153 Å². The van der Waals surface area contributed by atoms with Gasteiger partial charge in [-0.15, -0.1) is 0 Å². The van der Waals surface area contributed by atoms with Gasteiger partial charge in [-0.2, -0.15) is 0 Å². The van der Waals surface area contributed by atoms with Gasteiger partial charge in [-0.25, -0.2) is 4.39 Å². The molecule has 0 unspecified atom stereocenters. The van der Waals surface area contributed by atoms with Gasteiger partial charge in [-0.3, -0.25) is 9.78 Å². The van der Waals surface area contributed by atoms with Gasteiger partial charge in [0.1, 0.15) is 5.82 Å². The Balaban J connectivity index is 1.59. The highest BCUT2D eigenvalue weighted by atomic mass is 19.1. The predicted molar refractivity (Wildman–Crippen MR) is 101 cm³/mol. The molecule has 2 aromatic rings. The van der Waals surface area contributed by atoms with E-state index in [-0.39, 0.29) is 11.7 Å². The average molecular weight is 355 g/mol. The number of carbonyl (C=O) groups excluding carboxylic acids is 1. The van der Waals surface area contributed by atoms with Gasteiger partial charge in [0.05, 0.1) is 11.1 Å². The van der Waals surface area contributed by atoms with Gasteiger partial charge in [0.25, 0.3) is 5.91 Å². The minimum Gasteiger partial charge on any atom is -0.339 e. The number of hydrogen-bond donors (Lipinski definition) is 1. The van der Waals surface area contributed by atoms with E-state index in [0.717, 1.165) is 63.1 Å². The lowest BCUT2D eigenvalue weighted by molar-refractivity contribution is 0.0692. The number of carbonyl (C=O) groups is 1. The number of aromatic nitrogens is 1. The highest BCUT2D eigenvalue weighted by Gasteiger charge is 2.29. The Hall–Kier alpha value is -2.01. The average Bonchev–Trinajstić information content (AvgIpc) is 3.51. The highest BCUT2D eigenvalue weighted by molar-refractivity contribution is 6.06. The zero-order valence-corrected chi connectivity index (χ0v) is 15.3. The molecule has 1 aliphatic carbocycles. The summed E-state index contributed by atoms with van der Waals surface area (Å²) in [5.41, 5.74) is 2.32. The molecule has 1 aromatic carbocycles. The summed E-state index contributed by atoms with van der Waals surface area (Å²) in [5, 5.41) is 4.03. The molecule has 1 aliphatic heterocycles. The first kappa shape index (κ1) is 17.4. The number of likely N-dealkylation sites (tertiary alicyclic amines) is 1. The van der Waals surface area contributed by atoms with Crippen molar-refractivity contribution in [1.29, 1.82) is 0 Å². The number of nitrogens with one attached hydrogen (secondary N) is 1. The number of nitrogens with zero attached hydrogens (tertiary/aromatic N) is 2. The van der Waals surface area contributed by atoms with Gasteiger partial charge in [-0.05, 0) is 69.0 Å². The summed E-state index contributed by atoms with van der Waals surface area (Å²) >= 11 is 0. The third-order valence-electron chi connectivity index (χ3n) is 5.60. The largest absolute Gasteiger partial charge is 0.339 e. The number of hydrogen-bond acceptors (Lipinski definition) is 3. The molecule has 138 valence electrons. The summed E-state index contributed by atoms with van der Waals surface area (Å²) in [5.74, 6) is 0.790. The van der Waals surface area contributed by atoms with Crippen LogP contribution in [0.2, 0.25) is 0 Å². The zero-order valence-electron chi connectivity index (χ0n) is 15.3. The summed E-state index contributed by atoms with van der Waals surface area (Å²) in [6.45, 7) is 5.66. The molecule has 0 atom stereocenters. The van der Waals surface area contributed by atoms with Crippen molar-refractivity contribution in [3.63, 3.8) is 0 Å². The van der Waals surface area contributed by atoms with Crippen LogP contribution in [-0.4, -0.2) is 42.0 Å². The molecule has 0 bridgehead atoms. The maximum absolute atomic E-state index is 13.8. The van der Waals surface area contributed by atoms with E-state index in [1.807, 2.05) is 11.0 Å². The molecular weight excluding hydrogens is 329 g/mol. The number of rotatable bonds is 5. The summed E-state index contributed by atoms with van der Waals surface area (Å²) < 4.78 is 13.8. The van der Waals surface area contributed by atoms with Crippen molar-refractivity contribution in [2.75, 3.05) is 26.2 Å². The normalized spacial score (nSPS) is 18.5. The third-order valence-corrected chi connectivity index (χ3v) is 5.60. The molecule has 2 aliphatic rings. The van der Waals surface area contributed by atoms with Gasteiger partial charge in [-0.1, -0.05) is 6.92 Å².